The van der Waals surface area contributed by atoms with Crippen molar-refractivity contribution in [2.75, 3.05) is 0 Å². The molecule has 1 rings (SSSR count). The van der Waals surface area contributed by atoms with Crippen LogP contribution in [0.3, 0.4) is 0 Å². The van der Waals surface area contributed by atoms with E-state index in [9.17, 15) is 9.59 Å². The van der Waals surface area contributed by atoms with Gasteiger partial charge in [-0.1, -0.05) is 37.6 Å². The zero-order chi connectivity index (χ0) is 13.7. The summed E-state index contributed by atoms with van der Waals surface area (Å²) in [6, 6.07) is 6.41. The molecule has 3 amide bonds. The zero-order valence-corrected chi connectivity index (χ0v) is 11.7. The molecule has 0 fully saturated rings. The van der Waals surface area contributed by atoms with Gasteiger partial charge < -0.3 is 5.73 Å². The van der Waals surface area contributed by atoms with Crippen molar-refractivity contribution in [2.45, 2.75) is 24.0 Å². The van der Waals surface area contributed by atoms with Crippen LogP contribution in [0.1, 0.15) is 13.8 Å². The Balaban J connectivity index is 2.84. The number of primary amides is 1. The van der Waals surface area contributed by atoms with E-state index in [2.05, 4.69) is 5.32 Å². The molecule has 0 radical (unpaired) electrons. The molecule has 0 bridgehead atoms. The van der Waals surface area contributed by atoms with Gasteiger partial charge in [0.25, 0.3) is 0 Å². The number of hydrogen-bond acceptors (Lipinski definition) is 3. The lowest BCUT2D eigenvalue weighted by molar-refractivity contribution is -0.120. The van der Waals surface area contributed by atoms with Crippen LogP contribution in [0.4, 0.5) is 4.79 Å². The van der Waals surface area contributed by atoms with Crippen LogP contribution in [0.25, 0.3) is 0 Å². The highest BCUT2D eigenvalue weighted by Gasteiger charge is 2.25. The van der Waals surface area contributed by atoms with Crippen molar-refractivity contribution in [3.8, 4) is 0 Å². The summed E-state index contributed by atoms with van der Waals surface area (Å²) >= 11 is 7.36. The van der Waals surface area contributed by atoms with Crippen LogP contribution in [0, 0.1) is 5.92 Å². The molecule has 1 aromatic rings. The fraction of sp³-hybridized carbons (Fsp3) is 0.333. The van der Waals surface area contributed by atoms with Gasteiger partial charge in [-0.3, -0.25) is 10.1 Å². The SMILES string of the molecule is CC(C)[C@@H](Sc1ccccc1Cl)C(=O)NC(N)=O. The Morgan fingerprint density at radius 1 is 1.33 bits per heavy atom. The number of nitrogens with one attached hydrogen (secondary N) is 1. The molecule has 0 spiro atoms. The van der Waals surface area contributed by atoms with E-state index in [-0.39, 0.29) is 5.92 Å². The quantitative estimate of drug-likeness (QED) is 0.836. The molecule has 6 heteroatoms. The summed E-state index contributed by atoms with van der Waals surface area (Å²) in [5.41, 5.74) is 4.95. The average molecular weight is 287 g/mol. The molecule has 0 aromatic heterocycles. The molecule has 4 nitrogen and oxygen atoms in total. The van der Waals surface area contributed by atoms with Gasteiger partial charge in [-0.15, -0.1) is 11.8 Å². The third-order valence-corrected chi connectivity index (χ3v) is 4.26. The van der Waals surface area contributed by atoms with Crippen LogP contribution in [0.2, 0.25) is 5.02 Å². The Kier molecular flexibility index (Phi) is 5.50. The summed E-state index contributed by atoms with van der Waals surface area (Å²) in [5, 5.41) is 2.26. The maximum Gasteiger partial charge on any atom is 0.318 e. The minimum Gasteiger partial charge on any atom is -0.351 e. The second-order valence-electron chi connectivity index (χ2n) is 4.07. The predicted octanol–water partition coefficient (Wildman–Crippen LogP) is 2.65. The predicted molar refractivity (Wildman–Crippen MR) is 73.7 cm³/mol. The number of halogens is 1. The number of amides is 3. The topological polar surface area (TPSA) is 72.2 Å². The molecule has 0 aliphatic rings. The molecule has 0 unspecified atom stereocenters. The summed E-state index contributed by atoms with van der Waals surface area (Å²) in [4.78, 5) is 23.3. The normalized spacial score (nSPS) is 12.2. The van der Waals surface area contributed by atoms with Crippen molar-refractivity contribution in [2.24, 2.45) is 11.7 Å². The molecule has 98 valence electrons. The second kappa shape index (κ2) is 6.66. The first-order valence-corrected chi connectivity index (χ1v) is 6.69. The van der Waals surface area contributed by atoms with Gasteiger partial charge in [0.05, 0.1) is 10.3 Å². The maximum absolute atomic E-state index is 11.8. The number of imide groups is 1. The summed E-state index contributed by atoms with van der Waals surface area (Å²) in [5.74, 6) is -0.354. The van der Waals surface area contributed by atoms with Crippen LogP contribution in [-0.2, 0) is 4.79 Å². The Hall–Kier alpha value is -1.20. The smallest absolute Gasteiger partial charge is 0.318 e. The molecular weight excluding hydrogens is 272 g/mol. The molecule has 3 N–H and O–H groups in total. The van der Waals surface area contributed by atoms with Crippen molar-refractivity contribution >= 4 is 35.3 Å². The van der Waals surface area contributed by atoms with Crippen LogP contribution in [-0.4, -0.2) is 17.2 Å². The Morgan fingerprint density at radius 2 is 1.94 bits per heavy atom. The highest BCUT2D eigenvalue weighted by molar-refractivity contribution is 8.00. The average Bonchev–Trinajstić information content (AvgIpc) is 2.26. The van der Waals surface area contributed by atoms with E-state index in [0.29, 0.717) is 5.02 Å². The van der Waals surface area contributed by atoms with E-state index in [4.69, 9.17) is 17.3 Å². The molecule has 0 aliphatic heterocycles. The van der Waals surface area contributed by atoms with Crippen LogP contribution in [0.15, 0.2) is 29.2 Å². The third-order valence-electron chi connectivity index (χ3n) is 2.20. The first-order valence-electron chi connectivity index (χ1n) is 5.43. The number of hydrogen-bond donors (Lipinski definition) is 2. The number of benzene rings is 1. The minimum absolute atomic E-state index is 0.0469. The summed E-state index contributed by atoms with van der Waals surface area (Å²) < 4.78 is 0. The monoisotopic (exact) mass is 286 g/mol. The fourth-order valence-electron chi connectivity index (χ4n) is 1.36. The van der Waals surface area contributed by atoms with Crippen molar-refractivity contribution in [3.63, 3.8) is 0 Å². The molecule has 0 saturated carbocycles. The summed E-state index contributed by atoms with van der Waals surface area (Å²) in [7, 11) is 0. The molecule has 1 aromatic carbocycles. The standard InChI is InChI=1S/C12H15ClN2O2S/c1-7(2)10(11(16)15-12(14)17)18-9-6-4-3-5-8(9)13/h3-7,10H,1-2H3,(H3,14,15,16,17)/t10-/m1/s1. The number of carbonyl (C=O) groups excluding carboxylic acids is 2. The van der Waals surface area contributed by atoms with E-state index in [1.54, 1.807) is 6.07 Å². The Morgan fingerprint density at radius 3 is 2.44 bits per heavy atom. The van der Waals surface area contributed by atoms with Gasteiger partial charge >= 0.3 is 6.03 Å². The highest BCUT2D eigenvalue weighted by Crippen LogP contribution is 2.33. The number of urea groups is 1. The third kappa shape index (κ3) is 4.23. The lowest BCUT2D eigenvalue weighted by atomic mass is 10.1. The fourth-order valence-corrected chi connectivity index (χ4v) is 2.68. The van der Waals surface area contributed by atoms with Crippen molar-refractivity contribution < 1.29 is 9.59 Å². The van der Waals surface area contributed by atoms with Crippen LogP contribution >= 0.6 is 23.4 Å². The lowest BCUT2D eigenvalue weighted by Crippen LogP contribution is -2.42. The minimum atomic E-state index is -0.842. The van der Waals surface area contributed by atoms with Crippen LogP contribution in [0.5, 0.6) is 0 Å². The molecule has 18 heavy (non-hydrogen) atoms. The molecule has 0 aliphatic carbocycles. The maximum atomic E-state index is 11.8. The van der Waals surface area contributed by atoms with E-state index in [1.807, 2.05) is 32.0 Å². The van der Waals surface area contributed by atoms with E-state index in [1.165, 1.54) is 11.8 Å². The molecule has 1 atom stereocenters. The molecule has 0 saturated heterocycles. The van der Waals surface area contributed by atoms with Gasteiger partial charge in [-0.2, -0.15) is 0 Å². The number of nitrogens with two attached hydrogens (primary N) is 1. The first kappa shape index (κ1) is 14.9. The first-order chi connectivity index (χ1) is 8.41. The summed E-state index contributed by atoms with van der Waals surface area (Å²) in [6.07, 6.45) is 0. The van der Waals surface area contributed by atoms with Crippen molar-refractivity contribution in [1.82, 2.24) is 5.32 Å². The van der Waals surface area contributed by atoms with Gasteiger partial charge in [0, 0.05) is 4.90 Å². The van der Waals surface area contributed by atoms with Gasteiger partial charge in [0.15, 0.2) is 0 Å². The Labute approximate surface area is 115 Å². The van der Waals surface area contributed by atoms with Crippen molar-refractivity contribution in [1.29, 1.82) is 0 Å². The molecule has 0 heterocycles. The second-order valence-corrected chi connectivity index (χ2v) is 5.66. The van der Waals surface area contributed by atoms with Crippen LogP contribution < -0.4 is 11.1 Å². The molecular formula is C12H15ClN2O2S. The van der Waals surface area contributed by atoms with Gasteiger partial charge in [0.1, 0.15) is 0 Å². The van der Waals surface area contributed by atoms with E-state index < -0.39 is 17.2 Å². The zero-order valence-electron chi connectivity index (χ0n) is 10.1. The van der Waals surface area contributed by atoms with Gasteiger partial charge in [-0.25, -0.2) is 4.79 Å². The lowest BCUT2D eigenvalue weighted by Gasteiger charge is -2.19. The number of carbonyl (C=O) groups is 2. The number of thioether (sulfide) groups is 1. The summed E-state index contributed by atoms with van der Waals surface area (Å²) in [6.45, 7) is 3.80. The van der Waals surface area contributed by atoms with Gasteiger partial charge in [0.2, 0.25) is 5.91 Å². The Bertz CT molecular complexity index is 451. The van der Waals surface area contributed by atoms with E-state index >= 15 is 0 Å². The largest absolute Gasteiger partial charge is 0.351 e. The van der Waals surface area contributed by atoms with Gasteiger partial charge in [-0.05, 0) is 18.1 Å². The number of rotatable bonds is 4. The van der Waals surface area contributed by atoms with Crippen molar-refractivity contribution in [3.05, 3.63) is 29.3 Å². The van der Waals surface area contributed by atoms with E-state index in [0.717, 1.165) is 4.90 Å². The highest BCUT2D eigenvalue weighted by atomic mass is 35.5.